The number of rotatable bonds is 3. The van der Waals surface area contributed by atoms with E-state index >= 15 is 0 Å². The molecule has 0 aliphatic rings. The molecule has 0 radical (unpaired) electrons. The minimum Gasteiger partial charge on any atom is -0.502 e. The molecule has 0 aliphatic heterocycles. The zero-order chi connectivity index (χ0) is 11.6. The van der Waals surface area contributed by atoms with Crippen LogP contribution < -0.4 is 0 Å². The third-order valence-corrected chi connectivity index (χ3v) is 1.49. The van der Waals surface area contributed by atoms with Crippen molar-refractivity contribution in [2.24, 2.45) is 0 Å². The number of carbonyl (C=O) groups is 1. The van der Waals surface area contributed by atoms with E-state index in [2.05, 4.69) is 15.7 Å². The highest BCUT2D eigenvalue weighted by Gasteiger charge is 2.26. The maximum atomic E-state index is 10.6. The monoisotopic (exact) mass is 216 g/mol. The summed E-state index contributed by atoms with van der Waals surface area (Å²) in [5.41, 5.74) is 0. The molecule has 1 aromatic rings. The molecule has 0 saturated carbocycles. The van der Waals surface area contributed by atoms with Gasteiger partial charge < -0.3 is 29.6 Å². The molecule has 0 bridgehead atoms. The summed E-state index contributed by atoms with van der Waals surface area (Å²) in [5.74, 6) is -4.48. The lowest BCUT2D eigenvalue weighted by molar-refractivity contribution is -0.166. The van der Waals surface area contributed by atoms with E-state index in [0.717, 1.165) is 6.08 Å². The molecule has 82 valence electrons. The number of ether oxygens (including phenoxy) is 1. The number of hydrogen-bond donors (Lipinski definition) is 4. The molecule has 15 heavy (non-hydrogen) atoms. The Bertz CT molecular complexity index is 392. The van der Waals surface area contributed by atoms with Gasteiger partial charge in [-0.25, -0.2) is 4.79 Å². The summed E-state index contributed by atoms with van der Waals surface area (Å²) in [6, 6.07) is 0. The van der Waals surface area contributed by atoms with Gasteiger partial charge in [-0.2, -0.15) is 0 Å². The lowest BCUT2D eigenvalue weighted by Gasteiger charge is -2.07. The molecule has 7 nitrogen and oxygen atoms in total. The molecule has 1 atom stereocenters. The molecule has 1 rings (SSSR count). The van der Waals surface area contributed by atoms with Crippen molar-refractivity contribution in [2.45, 2.75) is 6.29 Å². The number of esters is 1. The number of aliphatic hydroxyl groups excluding tert-OH is 1. The van der Waals surface area contributed by atoms with Crippen LogP contribution in [0.15, 0.2) is 17.1 Å². The number of furan rings is 1. The van der Waals surface area contributed by atoms with Crippen LogP contribution in [0.4, 0.5) is 0 Å². The molecule has 0 saturated heterocycles. The topological polar surface area (TPSA) is 120 Å². The van der Waals surface area contributed by atoms with Crippen molar-refractivity contribution in [1.29, 1.82) is 0 Å². The minimum atomic E-state index is -1.94. The normalized spacial score (nSPS) is 12.1. The van der Waals surface area contributed by atoms with Gasteiger partial charge in [-0.15, -0.1) is 0 Å². The highest BCUT2D eigenvalue weighted by Crippen LogP contribution is 2.43. The van der Waals surface area contributed by atoms with Gasteiger partial charge in [-0.1, -0.05) is 6.58 Å². The van der Waals surface area contributed by atoms with Gasteiger partial charge in [0.25, 0.3) is 6.29 Å². The van der Waals surface area contributed by atoms with Crippen molar-refractivity contribution >= 4 is 5.97 Å². The smallest absolute Gasteiger partial charge is 0.332 e. The molecule has 0 fully saturated rings. The van der Waals surface area contributed by atoms with Crippen LogP contribution in [0.3, 0.4) is 0 Å². The Balaban J connectivity index is 2.91. The van der Waals surface area contributed by atoms with Gasteiger partial charge in [0.1, 0.15) is 0 Å². The third-order valence-electron chi connectivity index (χ3n) is 1.49. The molecular formula is C8H8O7. The highest BCUT2D eigenvalue weighted by molar-refractivity contribution is 5.81. The molecule has 1 unspecified atom stereocenters. The lowest BCUT2D eigenvalue weighted by atomic mass is 10.4. The second-order valence-corrected chi connectivity index (χ2v) is 2.46. The summed E-state index contributed by atoms with van der Waals surface area (Å²) in [7, 11) is 0. The first-order chi connectivity index (χ1) is 6.97. The van der Waals surface area contributed by atoms with Crippen LogP contribution in [0.5, 0.6) is 17.4 Å². The SMILES string of the molecule is C=CC(=O)OC(O)c1oc(O)c(O)c1O. The summed E-state index contributed by atoms with van der Waals surface area (Å²) in [5, 5.41) is 36.0. The quantitative estimate of drug-likeness (QED) is 0.321. The van der Waals surface area contributed by atoms with Crippen LogP contribution in [0.1, 0.15) is 12.1 Å². The Morgan fingerprint density at radius 1 is 1.40 bits per heavy atom. The Hall–Kier alpha value is -2.15. The fourth-order valence-electron chi connectivity index (χ4n) is 0.798. The van der Waals surface area contributed by atoms with E-state index in [1.807, 2.05) is 0 Å². The van der Waals surface area contributed by atoms with Crippen LogP contribution in [-0.4, -0.2) is 26.4 Å². The van der Waals surface area contributed by atoms with Crippen molar-refractivity contribution in [2.75, 3.05) is 0 Å². The Morgan fingerprint density at radius 2 is 2.00 bits per heavy atom. The van der Waals surface area contributed by atoms with Gasteiger partial charge in [0.2, 0.25) is 17.3 Å². The van der Waals surface area contributed by atoms with Gasteiger partial charge in [0.15, 0.2) is 0 Å². The van der Waals surface area contributed by atoms with Crippen LogP contribution >= 0.6 is 0 Å². The Labute approximate surface area is 83.4 Å². The molecule has 1 aromatic heterocycles. The van der Waals surface area contributed by atoms with E-state index in [4.69, 9.17) is 15.3 Å². The van der Waals surface area contributed by atoms with E-state index in [-0.39, 0.29) is 0 Å². The fraction of sp³-hybridized carbons (Fsp3) is 0.125. The zero-order valence-corrected chi connectivity index (χ0v) is 7.38. The second kappa shape index (κ2) is 3.93. The van der Waals surface area contributed by atoms with E-state index in [9.17, 15) is 9.90 Å². The summed E-state index contributed by atoms with van der Waals surface area (Å²) in [6.07, 6.45) is -1.16. The van der Waals surface area contributed by atoms with Crippen molar-refractivity contribution in [3.05, 3.63) is 18.4 Å². The number of hydrogen-bond acceptors (Lipinski definition) is 7. The predicted octanol–water partition coefficient (Wildman–Crippen LogP) is 0.116. The second-order valence-electron chi connectivity index (χ2n) is 2.46. The van der Waals surface area contributed by atoms with Crippen molar-refractivity contribution in [3.8, 4) is 17.4 Å². The molecule has 0 amide bonds. The predicted molar refractivity (Wildman–Crippen MR) is 45.0 cm³/mol. The van der Waals surface area contributed by atoms with Gasteiger partial charge in [0, 0.05) is 6.08 Å². The third kappa shape index (κ3) is 2.02. The van der Waals surface area contributed by atoms with Gasteiger partial charge in [-0.3, -0.25) is 0 Å². The number of carbonyl (C=O) groups excluding carboxylic acids is 1. The van der Waals surface area contributed by atoms with E-state index in [1.165, 1.54) is 0 Å². The van der Waals surface area contributed by atoms with Crippen molar-refractivity contribution in [3.63, 3.8) is 0 Å². The zero-order valence-electron chi connectivity index (χ0n) is 7.38. The maximum Gasteiger partial charge on any atom is 0.332 e. The number of aromatic hydroxyl groups is 3. The average Bonchev–Trinajstić information content (AvgIpc) is 2.45. The standard InChI is InChI=1S/C8H8O7/c1-2-3(9)14-8(13)6-4(10)5(11)7(12)15-6/h2,8,10-13H,1H2. The van der Waals surface area contributed by atoms with Gasteiger partial charge in [0.05, 0.1) is 0 Å². The molecule has 7 heteroatoms. The van der Waals surface area contributed by atoms with Gasteiger partial charge >= 0.3 is 11.9 Å². The van der Waals surface area contributed by atoms with Gasteiger partial charge in [-0.05, 0) is 0 Å². The summed E-state index contributed by atoms with van der Waals surface area (Å²) < 4.78 is 8.60. The van der Waals surface area contributed by atoms with Crippen LogP contribution in [0, 0.1) is 0 Å². The largest absolute Gasteiger partial charge is 0.502 e. The lowest BCUT2D eigenvalue weighted by Crippen LogP contribution is -2.07. The first-order valence-corrected chi connectivity index (χ1v) is 3.72. The van der Waals surface area contributed by atoms with Crippen molar-refractivity contribution in [1.82, 2.24) is 0 Å². The Kier molecular flexibility index (Phi) is 2.86. The summed E-state index contributed by atoms with van der Waals surface area (Å²) >= 11 is 0. The molecular weight excluding hydrogens is 208 g/mol. The van der Waals surface area contributed by atoms with Crippen molar-refractivity contribution < 1.29 is 34.4 Å². The maximum absolute atomic E-state index is 10.6. The van der Waals surface area contributed by atoms with Crippen LogP contribution in [-0.2, 0) is 9.53 Å². The van der Waals surface area contributed by atoms with Crippen LogP contribution in [0.25, 0.3) is 0 Å². The fourth-order valence-corrected chi connectivity index (χ4v) is 0.798. The van der Waals surface area contributed by atoms with E-state index < -0.39 is 35.5 Å². The molecule has 0 aromatic carbocycles. The Morgan fingerprint density at radius 3 is 2.40 bits per heavy atom. The first-order valence-electron chi connectivity index (χ1n) is 3.72. The highest BCUT2D eigenvalue weighted by atomic mass is 16.6. The van der Waals surface area contributed by atoms with Crippen LogP contribution in [0.2, 0.25) is 0 Å². The van der Waals surface area contributed by atoms with E-state index in [1.54, 1.807) is 0 Å². The van der Waals surface area contributed by atoms with E-state index in [0.29, 0.717) is 0 Å². The molecule has 0 aliphatic carbocycles. The number of aliphatic hydroxyl groups is 1. The average molecular weight is 216 g/mol. The summed E-state index contributed by atoms with van der Waals surface area (Å²) in [4.78, 5) is 10.6. The minimum absolute atomic E-state index is 0.680. The summed E-state index contributed by atoms with van der Waals surface area (Å²) in [6.45, 7) is 3.07. The molecule has 4 N–H and O–H groups in total. The first kappa shape index (κ1) is 10.9. The molecule has 0 spiro atoms. The molecule has 1 heterocycles.